The fraction of sp³-hybridized carbons (Fsp3) is 0.182. The average molecular weight is 608 g/mol. The van der Waals surface area contributed by atoms with Gasteiger partial charge < -0.3 is 23.9 Å². The van der Waals surface area contributed by atoms with Crippen LogP contribution in [-0.4, -0.2) is 38.3 Å². The van der Waals surface area contributed by atoms with Gasteiger partial charge in [0.2, 0.25) is 0 Å². The number of pyridine rings is 1. The quantitative estimate of drug-likeness (QED) is 0.205. The number of nitrogens with zero attached hydrogens (tertiary/aromatic N) is 5. The highest BCUT2D eigenvalue weighted by molar-refractivity contribution is 5.92. The van der Waals surface area contributed by atoms with Crippen molar-refractivity contribution in [1.82, 2.24) is 14.5 Å². The summed E-state index contributed by atoms with van der Waals surface area (Å²) < 4.78 is 47.9. The molecule has 0 bridgehead atoms. The summed E-state index contributed by atoms with van der Waals surface area (Å²) in [6.07, 6.45) is 2.39. The van der Waals surface area contributed by atoms with Crippen molar-refractivity contribution in [3.8, 4) is 29.4 Å². The Balaban J connectivity index is 1.22. The van der Waals surface area contributed by atoms with Crippen LogP contribution in [0.1, 0.15) is 45.0 Å². The summed E-state index contributed by atoms with van der Waals surface area (Å²) in [6, 6.07) is 18.5. The van der Waals surface area contributed by atoms with Crippen molar-refractivity contribution >= 4 is 17.0 Å². The van der Waals surface area contributed by atoms with E-state index >= 15 is 0 Å². The molecule has 0 unspecified atom stereocenters. The standard InChI is InChI=1S/C33H23F2N5O5/c34-27-9-19(15-36)1-4-30(27)44-18-23-14-25(5-7-38-23)45-24-3-2-20(22(10-24)16-37)13-31-39-32-28(35)11-21(33(41)42)12-29(32)40(31)17-26-6-8-43-26/h1-5,7,9-12,14,26H,6,8,13,17-18H2,(H,41,42)/t26-/m0/s1. The third kappa shape index (κ3) is 6.27. The number of imidazole rings is 1. The third-order valence-corrected chi connectivity index (χ3v) is 7.32. The van der Waals surface area contributed by atoms with Gasteiger partial charge in [-0.05, 0) is 60.5 Å². The lowest BCUT2D eigenvalue weighted by atomic mass is 10.0. The van der Waals surface area contributed by atoms with Crippen LogP contribution in [0.5, 0.6) is 17.2 Å². The van der Waals surface area contributed by atoms with E-state index in [9.17, 15) is 23.9 Å². The SMILES string of the molecule is N#Cc1ccc(OCc2cc(Oc3ccc(Cc4nc5c(F)cc(C(=O)O)cc5n4C[C@@H]4CCO4)c(C#N)c3)ccn2)c(F)c1. The second kappa shape index (κ2) is 12.4. The Hall–Kier alpha value is -5.85. The molecule has 224 valence electrons. The maximum atomic E-state index is 14.9. The largest absolute Gasteiger partial charge is 0.484 e. The molecule has 0 aliphatic carbocycles. The van der Waals surface area contributed by atoms with Gasteiger partial charge in [0.05, 0.1) is 52.7 Å². The number of aromatic nitrogens is 3. The fourth-order valence-electron chi connectivity index (χ4n) is 4.95. The van der Waals surface area contributed by atoms with Crippen LogP contribution in [0.15, 0.2) is 66.9 Å². The predicted octanol–water partition coefficient (Wildman–Crippen LogP) is 5.90. The maximum Gasteiger partial charge on any atom is 0.335 e. The van der Waals surface area contributed by atoms with E-state index in [2.05, 4.69) is 16.0 Å². The van der Waals surface area contributed by atoms with Crippen LogP contribution in [0.2, 0.25) is 0 Å². The van der Waals surface area contributed by atoms with Gasteiger partial charge in [-0.3, -0.25) is 4.98 Å². The molecule has 1 aliphatic heterocycles. The van der Waals surface area contributed by atoms with E-state index in [1.54, 1.807) is 34.9 Å². The first-order chi connectivity index (χ1) is 21.8. The molecule has 12 heteroatoms. The Morgan fingerprint density at radius 2 is 1.87 bits per heavy atom. The van der Waals surface area contributed by atoms with Crippen LogP contribution in [-0.2, 0) is 24.3 Å². The van der Waals surface area contributed by atoms with Gasteiger partial charge in [0.1, 0.15) is 29.4 Å². The molecule has 10 nitrogen and oxygen atoms in total. The first-order valence-electron chi connectivity index (χ1n) is 13.8. The minimum atomic E-state index is -1.25. The monoisotopic (exact) mass is 607 g/mol. The van der Waals surface area contributed by atoms with Crippen LogP contribution in [0.4, 0.5) is 8.78 Å². The van der Waals surface area contributed by atoms with E-state index in [-0.39, 0.29) is 41.5 Å². The summed E-state index contributed by atoms with van der Waals surface area (Å²) in [5.41, 5.74) is 1.77. The lowest BCUT2D eigenvalue weighted by Gasteiger charge is -2.27. The van der Waals surface area contributed by atoms with Gasteiger partial charge in [-0.1, -0.05) is 6.07 Å². The number of carboxylic acid groups (broad SMARTS) is 1. The number of aromatic carboxylic acids is 1. The average Bonchev–Trinajstić information content (AvgIpc) is 3.36. The molecule has 1 atom stereocenters. The molecule has 1 N–H and O–H groups in total. The minimum absolute atomic E-state index is 0.0184. The zero-order chi connectivity index (χ0) is 31.5. The highest BCUT2D eigenvalue weighted by Gasteiger charge is 2.24. The van der Waals surface area contributed by atoms with E-state index in [4.69, 9.17) is 19.5 Å². The van der Waals surface area contributed by atoms with Gasteiger partial charge in [-0.25, -0.2) is 18.6 Å². The number of nitriles is 2. The Morgan fingerprint density at radius 3 is 2.58 bits per heavy atom. The molecule has 1 fully saturated rings. The number of hydrogen-bond donors (Lipinski definition) is 1. The second-order valence-corrected chi connectivity index (χ2v) is 10.3. The topological polar surface area (TPSA) is 143 Å². The van der Waals surface area contributed by atoms with E-state index in [0.29, 0.717) is 52.8 Å². The molecule has 6 rings (SSSR count). The summed E-state index contributed by atoms with van der Waals surface area (Å²) in [5, 5.41) is 28.3. The van der Waals surface area contributed by atoms with Crippen molar-refractivity contribution in [2.24, 2.45) is 0 Å². The minimum Gasteiger partial charge on any atom is -0.484 e. The molecular formula is C33H23F2N5O5. The molecule has 1 saturated heterocycles. The van der Waals surface area contributed by atoms with Crippen molar-refractivity contribution in [3.05, 3.63) is 112 Å². The van der Waals surface area contributed by atoms with Gasteiger partial charge >= 0.3 is 5.97 Å². The van der Waals surface area contributed by atoms with Crippen molar-refractivity contribution in [2.75, 3.05) is 6.61 Å². The predicted molar refractivity (Wildman–Crippen MR) is 155 cm³/mol. The Bertz CT molecular complexity index is 2030. The molecule has 3 heterocycles. The van der Waals surface area contributed by atoms with E-state index < -0.39 is 17.6 Å². The number of fused-ring (bicyclic) bond motifs is 1. The normalized spacial score (nSPS) is 13.9. The number of benzene rings is 3. The van der Waals surface area contributed by atoms with Crippen LogP contribution < -0.4 is 9.47 Å². The molecule has 0 saturated carbocycles. The smallest absolute Gasteiger partial charge is 0.335 e. The van der Waals surface area contributed by atoms with E-state index in [1.165, 1.54) is 24.4 Å². The van der Waals surface area contributed by atoms with Crippen molar-refractivity contribution in [3.63, 3.8) is 0 Å². The van der Waals surface area contributed by atoms with Crippen LogP contribution in [0.3, 0.4) is 0 Å². The van der Waals surface area contributed by atoms with Crippen LogP contribution in [0, 0.1) is 34.3 Å². The summed E-state index contributed by atoms with van der Waals surface area (Å²) in [5.74, 6) is -1.42. The first kappa shape index (κ1) is 29.2. The summed E-state index contributed by atoms with van der Waals surface area (Å²) in [4.78, 5) is 20.3. The lowest BCUT2D eigenvalue weighted by Crippen LogP contribution is -2.31. The Labute approximate surface area is 255 Å². The summed E-state index contributed by atoms with van der Waals surface area (Å²) in [6.45, 7) is 0.927. The van der Waals surface area contributed by atoms with Crippen LogP contribution in [0.25, 0.3) is 11.0 Å². The van der Waals surface area contributed by atoms with Gasteiger partial charge in [0.15, 0.2) is 17.4 Å². The second-order valence-electron chi connectivity index (χ2n) is 10.3. The van der Waals surface area contributed by atoms with Crippen molar-refractivity contribution < 1.29 is 32.9 Å². The third-order valence-electron chi connectivity index (χ3n) is 7.32. The molecule has 0 radical (unpaired) electrons. The molecular weight excluding hydrogens is 584 g/mol. The van der Waals surface area contributed by atoms with Gasteiger partial charge in [0, 0.05) is 25.3 Å². The van der Waals surface area contributed by atoms with Gasteiger partial charge in [0.25, 0.3) is 0 Å². The van der Waals surface area contributed by atoms with Crippen LogP contribution >= 0.6 is 0 Å². The number of ether oxygens (including phenoxy) is 3. The summed E-state index contributed by atoms with van der Waals surface area (Å²) in [7, 11) is 0. The molecule has 5 aromatic rings. The Kier molecular flexibility index (Phi) is 8.06. The summed E-state index contributed by atoms with van der Waals surface area (Å²) >= 11 is 0. The van der Waals surface area contributed by atoms with Gasteiger partial charge in [-0.15, -0.1) is 0 Å². The number of rotatable bonds is 10. The number of carboxylic acids is 1. The highest BCUT2D eigenvalue weighted by Crippen LogP contribution is 2.29. The van der Waals surface area contributed by atoms with Crippen molar-refractivity contribution in [2.45, 2.75) is 32.1 Å². The molecule has 1 aliphatic rings. The molecule has 3 aromatic carbocycles. The molecule has 0 spiro atoms. The maximum absolute atomic E-state index is 14.9. The van der Waals surface area contributed by atoms with E-state index in [0.717, 1.165) is 18.6 Å². The zero-order valence-corrected chi connectivity index (χ0v) is 23.5. The number of carbonyl (C=O) groups is 1. The zero-order valence-electron chi connectivity index (χ0n) is 23.5. The lowest BCUT2D eigenvalue weighted by molar-refractivity contribution is -0.0589. The fourth-order valence-corrected chi connectivity index (χ4v) is 4.95. The number of hydrogen-bond acceptors (Lipinski definition) is 8. The van der Waals surface area contributed by atoms with E-state index in [1.807, 2.05) is 6.07 Å². The number of halogens is 2. The highest BCUT2D eigenvalue weighted by atomic mass is 19.1. The molecule has 2 aromatic heterocycles. The van der Waals surface area contributed by atoms with Gasteiger partial charge in [-0.2, -0.15) is 10.5 Å². The molecule has 0 amide bonds. The Morgan fingerprint density at radius 1 is 1.04 bits per heavy atom. The first-order valence-corrected chi connectivity index (χ1v) is 13.8. The molecule has 45 heavy (non-hydrogen) atoms. The van der Waals surface area contributed by atoms with Crippen molar-refractivity contribution in [1.29, 1.82) is 10.5 Å².